The molecular formula is C22H23F2N3O. The number of hydrogen-bond donors (Lipinski definition) is 1. The Kier molecular flexibility index (Phi) is 5.39. The number of H-pyrrole nitrogens is 1. The number of likely N-dealkylation sites (tertiary alicyclic amines) is 1. The van der Waals surface area contributed by atoms with Crippen LogP contribution in [0.15, 0.2) is 60.7 Å². The van der Waals surface area contributed by atoms with Crippen molar-refractivity contribution in [2.75, 3.05) is 20.2 Å². The summed E-state index contributed by atoms with van der Waals surface area (Å²) < 4.78 is 31.2. The van der Waals surface area contributed by atoms with E-state index in [0.29, 0.717) is 0 Å². The number of methoxy groups -OCH3 is 1. The molecule has 0 spiro atoms. The van der Waals surface area contributed by atoms with Gasteiger partial charge in [-0.15, -0.1) is 0 Å². The van der Waals surface area contributed by atoms with E-state index in [2.05, 4.69) is 39.4 Å². The minimum atomic E-state index is -2.56. The van der Waals surface area contributed by atoms with Crippen LogP contribution in [0.1, 0.15) is 40.8 Å². The van der Waals surface area contributed by atoms with Crippen molar-refractivity contribution in [3.63, 3.8) is 0 Å². The number of nitrogens with zero attached hydrogens (tertiary/aromatic N) is 2. The fourth-order valence-electron chi connectivity index (χ4n) is 4.01. The lowest BCUT2D eigenvalue weighted by atomic mass is 9.87. The fraction of sp³-hybridized carbons (Fsp3) is 0.318. The molecule has 0 saturated carbocycles. The number of aromatic nitrogens is 2. The summed E-state index contributed by atoms with van der Waals surface area (Å²) in [4.78, 5) is 2.37. The lowest BCUT2D eigenvalue weighted by Crippen LogP contribution is -2.20. The third-order valence-electron chi connectivity index (χ3n) is 5.43. The van der Waals surface area contributed by atoms with E-state index in [0.717, 1.165) is 31.1 Å². The van der Waals surface area contributed by atoms with Gasteiger partial charge in [-0.3, -0.25) is 10.00 Å². The average molecular weight is 383 g/mol. The maximum absolute atomic E-state index is 13.0. The maximum atomic E-state index is 13.0. The molecule has 1 N–H and O–H groups in total. The van der Waals surface area contributed by atoms with E-state index in [-0.39, 0.29) is 17.5 Å². The van der Waals surface area contributed by atoms with E-state index < -0.39 is 6.43 Å². The van der Waals surface area contributed by atoms with Crippen LogP contribution in [0.3, 0.4) is 0 Å². The SMILES string of the molecule is COc1ccc(CN2C[C@@H](c3ccccc3)[C@H](c3cc(C(F)F)n[nH]3)C2)cc1. The monoisotopic (exact) mass is 383 g/mol. The van der Waals surface area contributed by atoms with E-state index >= 15 is 0 Å². The molecule has 2 heterocycles. The molecule has 4 nitrogen and oxygen atoms in total. The average Bonchev–Trinajstić information content (AvgIpc) is 3.36. The van der Waals surface area contributed by atoms with Crippen molar-refractivity contribution in [2.24, 2.45) is 0 Å². The molecule has 0 unspecified atom stereocenters. The fourth-order valence-corrected chi connectivity index (χ4v) is 4.01. The van der Waals surface area contributed by atoms with Crippen LogP contribution in [-0.4, -0.2) is 35.3 Å². The van der Waals surface area contributed by atoms with Gasteiger partial charge in [0.25, 0.3) is 6.43 Å². The van der Waals surface area contributed by atoms with Gasteiger partial charge in [-0.2, -0.15) is 5.10 Å². The Balaban J connectivity index is 1.57. The van der Waals surface area contributed by atoms with Gasteiger partial charge in [0.05, 0.1) is 7.11 Å². The number of rotatable bonds is 6. The van der Waals surface area contributed by atoms with Crippen molar-refractivity contribution in [1.29, 1.82) is 0 Å². The smallest absolute Gasteiger partial charge is 0.282 e. The molecule has 0 bridgehead atoms. The Bertz CT molecular complexity index is 896. The van der Waals surface area contributed by atoms with Crippen LogP contribution in [0.25, 0.3) is 0 Å². The first-order valence-electron chi connectivity index (χ1n) is 9.37. The topological polar surface area (TPSA) is 41.1 Å². The molecule has 2 atom stereocenters. The lowest BCUT2D eigenvalue weighted by Gasteiger charge is -2.17. The lowest BCUT2D eigenvalue weighted by molar-refractivity contribution is 0.146. The number of nitrogens with one attached hydrogen (secondary N) is 1. The first-order chi connectivity index (χ1) is 13.6. The van der Waals surface area contributed by atoms with Gasteiger partial charge in [-0.25, -0.2) is 8.78 Å². The van der Waals surface area contributed by atoms with Crippen molar-refractivity contribution >= 4 is 0 Å². The van der Waals surface area contributed by atoms with E-state index in [1.54, 1.807) is 7.11 Å². The van der Waals surface area contributed by atoms with E-state index in [1.807, 2.05) is 30.3 Å². The Morgan fingerprint density at radius 3 is 2.43 bits per heavy atom. The summed E-state index contributed by atoms with van der Waals surface area (Å²) in [5.41, 5.74) is 3.01. The first-order valence-corrected chi connectivity index (χ1v) is 9.37. The summed E-state index contributed by atoms with van der Waals surface area (Å²) >= 11 is 0. The summed E-state index contributed by atoms with van der Waals surface area (Å²) in [6.45, 7) is 2.46. The summed E-state index contributed by atoms with van der Waals surface area (Å²) in [7, 11) is 1.66. The van der Waals surface area contributed by atoms with Crippen LogP contribution in [0, 0.1) is 0 Å². The Morgan fingerprint density at radius 2 is 1.79 bits per heavy atom. The molecule has 4 rings (SSSR count). The van der Waals surface area contributed by atoms with Crippen molar-refractivity contribution < 1.29 is 13.5 Å². The predicted octanol–water partition coefficient (Wildman–Crippen LogP) is 4.74. The van der Waals surface area contributed by atoms with Crippen LogP contribution >= 0.6 is 0 Å². The van der Waals surface area contributed by atoms with E-state index in [1.165, 1.54) is 17.2 Å². The molecule has 0 radical (unpaired) electrons. The van der Waals surface area contributed by atoms with Gasteiger partial charge >= 0.3 is 0 Å². The number of ether oxygens (including phenoxy) is 1. The molecule has 1 saturated heterocycles. The molecule has 1 aliphatic heterocycles. The second kappa shape index (κ2) is 8.10. The molecule has 6 heteroatoms. The van der Waals surface area contributed by atoms with Gasteiger partial charge in [0.15, 0.2) is 0 Å². The first kappa shape index (κ1) is 18.6. The van der Waals surface area contributed by atoms with Crippen LogP contribution in [0.4, 0.5) is 8.78 Å². The highest BCUT2D eigenvalue weighted by Gasteiger charge is 2.36. The highest BCUT2D eigenvalue weighted by atomic mass is 19.3. The second-order valence-electron chi connectivity index (χ2n) is 7.21. The summed E-state index contributed by atoms with van der Waals surface area (Å²) in [5, 5.41) is 6.66. The highest BCUT2D eigenvalue weighted by Crippen LogP contribution is 2.40. The molecule has 1 aromatic heterocycles. The number of aromatic amines is 1. The number of benzene rings is 2. The van der Waals surface area contributed by atoms with E-state index in [4.69, 9.17) is 4.74 Å². The molecular weight excluding hydrogens is 360 g/mol. The molecule has 0 amide bonds. The molecule has 28 heavy (non-hydrogen) atoms. The number of hydrogen-bond acceptors (Lipinski definition) is 3. The van der Waals surface area contributed by atoms with Crippen LogP contribution in [-0.2, 0) is 6.54 Å². The molecule has 0 aliphatic carbocycles. The summed E-state index contributed by atoms with van der Waals surface area (Å²) in [6, 6.07) is 19.8. The maximum Gasteiger partial charge on any atom is 0.282 e. The predicted molar refractivity (Wildman–Crippen MR) is 104 cm³/mol. The van der Waals surface area contributed by atoms with Crippen molar-refractivity contribution in [1.82, 2.24) is 15.1 Å². The van der Waals surface area contributed by atoms with Crippen molar-refractivity contribution in [3.05, 3.63) is 83.2 Å². The largest absolute Gasteiger partial charge is 0.497 e. The minimum Gasteiger partial charge on any atom is -0.497 e. The third kappa shape index (κ3) is 3.92. The van der Waals surface area contributed by atoms with Crippen molar-refractivity contribution in [2.45, 2.75) is 24.8 Å². The van der Waals surface area contributed by atoms with E-state index in [9.17, 15) is 8.78 Å². The normalized spacial score (nSPS) is 20.0. The van der Waals surface area contributed by atoms with Gasteiger partial charge in [-0.05, 0) is 29.3 Å². The molecule has 3 aromatic rings. The van der Waals surface area contributed by atoms with Crippen LogP contribution in [0.5, 0.6) is 5.75 Å². The number of alkyl halides is 2. The minimum absolute atomic E-state index is 0.0978. The molecule has 146 valence electrons. The van der Waals surface area contributed by atoms with Gasteiger partial charge < -0.3 is 4.74 Å². The standard InChI is InChI=1S/C22H23F2N3O/c1-28-17-9-7-15(8-10-17)12-27-13-18(16-5-3-2-4-6-16)19(14-27)20-11-21(22(23)24)26-25-20/h2-11,18-19,22H,12-14H2,1H3,(H,25,26)/t18-,19+/m0/s1. The number of halogens is 2. The Hall–Kier alpha value is -2.73. The Morgan fingerprint density at radius 1 is 1.07 bits per heavy atom. The Labute approximate surface area is 163 Å². The zero-order valence-corrected chi connectivity index (χ0v) is 15.7. The summed E-state index contributed by atoms with van der Waals surface area (Å²) in [6.07, 6.45) is -2.56. The van der Waals surface area contributed by atoms with Crippen molar-refractivity contribution in [3.8, 4) is 5.75 Å². The zero-order chi connectivity index (χ0) is 19.5. The summed E-state index contributed by atoms with van der Waals surface area (Å²) in [5.74, 6) is 1.16. The quantitative estimate of drug-likeness (QED) is 0.669. The zero-order valence-electron chi connectivity index (χ0n) is 15.7. The third-order valence-corrected chi connectivity index (χ3v) is 5.43. The van der Waals surface area contributed by atoms with Gasteiger partial charge in [0.1, 0.15) is 11.4 Å². The molecule has 1 aliphatic rings. The van der Waals surface area contributed by atoms with Crippen LogP contribution in [0.2, 0.25) is 0 Å². The van der Waals surface area contributed by atoms with Gasteiger partial charge in [0.2, 0.25) is 0 Å². The molecule has 2 aromatic carbocycles. The molecule has 1 fully saturated rings. The second-order valence-corrected chi connectivity index (χ2v) is 7.21. The van der Waals surface area contributed by atoms with Gasteiger partial charge in [0, 0.05) is 37.2 Å². The highest BCUT2D eigenvalue weighted by molar-refractivity contribution is 5.30. The van der Waals surface area contributed by atoms with Crippen LogP contribution < -0.4 is 4.74 Å². The van der Waals surface area contributed by atoms with Gasteiger partial charge in [-0.1, -0.05) is 42.5 Å².